The van der Waals surface area contributed by atoms with Gasteiger partial charge in [-0.1, -0.05) is 29.4 Å². The summed E-state index contributed by atoms with van der Waals surface area (Å²) in [7, 11) is 0. The van der Waals surface area contributed by atoms with Gasteiger partial charge in [-0.05, 0) is 25.1 Å². The van der Waals surface area contributed by atoms with Gasteiger partial charge in [-0.2, -0.15) is 4.52 Å². The van der Waals surface area contributed by atoms with E-state index in [1.807, 2.05) is 43.3 Å². The Hall–Kier alpha value is -3.89. The van der Waals surface area contributed by atoms with E-state index < -0.39 is 0 Å². The second kappa shape index (κ2) is 9.40. The van der Waals surface area contributed by atoms with Gasteiger partial charge in [0, 0.05) is 48.6 Å². The van der Waals surface area contributed by atoms with Gasteiger partial charge in [-0.25, -0.2) is 0 Å². The van der Waals surface area contributed by atoms with Crippen molar-refractivity contribution in [1.82, 2.24) is 34.9 Å². The summed E-state index contributed by atoms with van der Waals surface area (Å²) in [5.41, 5.74) is 3.10. The van der Waals surface area contributed by atoms with Crippen molar-refractivity contribution in [2.24, 2.45) is 0 Å². The Morgan fingerprint density at radius 1 is 0.971 bits per heavy atom. The largest absolute Gasteiger partial charge is 0.470 e. The number of nitrogens with zero attached hydrogens (tertiary/aromatic N) is 7. The molecule has 0 spiro atoms. The van der Waals surface area contributed by atoms with E-state index in [0.717, 1.165) is 61.4 Å². The fourth-order valence-electron chi connectivity index (χ4n) is 4.28. The van der Waals surface area contributed by atoms with E-state index in [4.69, 9.17) is 24.1 Å². The molecule has 0 unspecified atom stereocenters. The van der Waals surface area contributed by atoms with Crippen LogP contribution in [-0.4, -0.2) is 67.7 Å². The zero-order valence-electron chi connectivity index (χ0n) is 19.4. The molecule has 10 heteroatoms. The van der Waals surface area contributed by atoms with Gasteiger partial charge >= 0.3 is 0 Å². The number of hydrogen-bond acceptors (Lipinski definition) is 9. The SMILES string of the molecule is Cc1cc(-c2nnc3c4ccccc4c(OCc4cccc(CCN5CCOCC5)n4)nn23)no1. The van der Waals surface area contributed by atoms with Gasteiger partial charge < -0.3 is 14.0 Å². The van der Waals surface area contributed by atoms with E-state index in [9.17, 15) is 0 Å². The molecule has 0 bridgehead atoms. The summed E-state index contributed by atoms with van der Waals surface area (Å²) in [6, 6.07) is 15.7. The number of aromatic nitrogens is 6. The average Bonchev–Trinajstić information content (AvgIpc) is 3.53. The maximum atomic E-state index is 6.21. The number of pyridine rings is 1. The van der Waals surface area contributed by atoms with Crippen LogP contribution in [0, 0.1) is 6.92 Å². The van der Waals surface area contributed by atoms with Gasteiger partial charge in [0.15, 0.2) is 11.3 Å². The van der Waals surface area contributed by atoms with Crippen LogP contribution in [0.25, 0.3) is 27.9 Å². The zero-order chi connectivity index (χ0) is 23.6. The zero-order valence-corrected chi connectivity index (χ0v) is 19.4. The average molecular weight is 472 g/mol. The lowest BCUT2D eigenvalue weighted by Crippen LogP contribution is -2.37. The molecule has 1 saturated heterocycles. The van der Waals surface area contributed by atoms with Crippen molar-refractivity contribution >= 4 is 16.4 Å². The number of rotatable bonds is 7. The van der Waals surface area contributed by atoms with Crippen LogP contribution in [0.15, 0.2) is 53.1 Å². The molecule has 4 aromatic heterocycles. The minimum absolute atomic E-state index is 0.300. The standard InChI is InChI=1S/C25H25N7O3/c1-17-15-22(30-35-17)24-28-27-23-20-7-2-3-8-21(20)25(29-32(23)24)34-16-19-6-4-5-18(26-19)9-10-31-11-13-33-14-12-31/h2-8,15H,9-14,16H2,1H3. The van der Waals surface area contributed by atoms with Crippen molar-refractivity contribution in [3.05, 3.63) is 65.7 Å². The van der Waals surface area contributed by atoms with Gasteiger partial charge in [0.05, 0.1) is 18.9 Å². The highest BCUT2D eigenvalue weighted by molar-refractivity contribution is 5.96. The molecule has 35 heavy (non-hydrogen) atoms. The summed E-state index contributed by atoms with van der Waals surface area (Å²) in [5, 5.41) is 19.2. The first-order valence-corrected chi connectivity index (χ1v) is 11.7. The highest BCUT2D eigenvalue weighted by Gasteiger charge is 2.18. The molecule has 0 N–H and O–H groups in total. The molecule has 6 rings (SSSR count). The van der Waals surface area contributed by atoms with Crippen LogP contribution in [0.5, 0.6) is 5.88 Å². The number of fused-ring (bicyclic) bond motifs is 3. The molecule has 0 aliphatic carbocycles. The molecule has 1 aromatic carbocycles. The normalized spacial score (nSPS) is 14.7. The predicted octanol–water partition coefficient (Wildman–Crippen LogP) is 3.09. The lowest BCUT2D eigenvalue weighted by Gasteiger charge is -2.26. The minimum Gasteiger partial charge on any atom is -0.470 e. The molecule has 0 amide bonds. The van der Waals surface area contributed by atoms with E-state index in [2.05, 4.69) is 26.3 Å². The molecule has 10 nitrogen and oxygen atoms in total. The van der Waals surface area contributed by atoms with Crippen LogP contribution >= 0.6 is 0 Å². The second-order valence-corrected chi connectivity index (χ2v) is 8.55. The second-order valence-electron chi connectivity index (χ2n) is 8.55. The van der Waals surface area contributed by atoms with E-state index in [1.54, 1.807) is 10.6 Å². The van der Waals surface area contributed by atoms with Crippen LogP contribution in [0.1, 0.15) is 17.1 Å². The Morgan fingerprint density at radius 3 is 2.63 bits per heavy atom. The smallest absolute Gasteiger partial charge is 0.240 e. The number of ether oxygens (including phenoxy) is 2. The van der Waals surface area contributed by atoms with Gasteiger partial charge in [-0.15, -0.1) is 15.3 Å². The maximum Gasteiger partial charge on any atom is 0.240 e. The van der Waals surface area contributed by atoms with Crippen molar-refractivity contribution < 1.29 is 14.0 Å². The van der Waals surface area contributed by atoms with Crippen LogP contribution in [-0.2, 0) is 17.8 Å². The van der Waals surface area contributed by atoms with Crippen molar-refractivity contribution in [1.29, 1.82) is 0 Å². The summed E-state index contributed by atoms with van der Waals surface area (Å²) < 4.78 is 18.5. The molecule has 1 aliphatic heterocycles. The third-order valence-electron chi connectivity index (χ3n) is 6.10. The predicted molar refractivity (Wildman–Crippen MR) is 128 cm³/mol. The van der Waals surface area contributed by atoms with Crippen LogP contribution in [0.4, 0.5) is 0 Å². The molecule has 0 saturated carbocycles. The Kier molecular flexibility index (Phi) is 5.81. The lowest BCUT2D eigenvalue weighted by molar-refractivity contribution is 0.0383. The summed E-state index contributed by atoms with van der Waals surface area (Å²) in [4.78, 5) is 7.22. The molecule has 178 valence electrons. The first-order valence-electron chi connectivity index (χ1n) is 11.7. The maximum absolute atomic E-state index is 6.21. The summed E-state index contributed by atoms with van der Waals surface area (Å²) in [5.74, 6) is 1.67. The minimum atomic E-state index is 0.300. The number of aryl methyl sites for hydroxylation is 1. The lowest BCUT2D eigenvalue weighted by atomic mass is 10.2. The molecule has 5 aromatic rings. The van der Waals surface area contributed by atoms with Crippen molar-refractivity contribution in [3.8, 4) is 17.4 Å². The van der Waals surface area contributed by atoms with E-state index >= 15 is 0 Å². The fraction of sp³-hybridized carbons (Fsp3) is 0.320. The topological polar surface area (TPSA) is 104 Å². The van der Waals surface area contributed by atoms with Gasteiger partial charge in [0.1, 0.15) is 12.4 Å². The van der Waals surface area contributed by atoms with Gasteiger partial charge in [0.2, 0.25) is 11.7 Å². The Balaban J connectivity index is 1.26. The molecule has 1 aliphatic rings. The molecule has 0 radical (unpaired) electrons. The highest BCUT2D eigenvalue weighted by atomic mass is 16.5. The molecule has 5 heterocycles. The molecule has 1 fully saturated rings. The summed E-state index contributed by atoms with van der Waals surface area (Å²) >= 11 is 0. The third-order valence-corrected chi connectivity index (χ3v) is 6.10. The van der Waals surface area contributed by atoms with E-state index in [-0.39, 0.29) is 0 Å². The molecule has 0 atom stereocenters. The number of morpholine rings is 1. The first kappa shape index (κ1) is 21.6. The van der Waals surface area contributed by atoms with Gasteiger partial charge in [0.25, 0.3) is 0 Å². The fourth-order valence-corrected chi connectivity index (χ4v) is 4.28. The van der Waals surface area contributed by atoms with E-state index in [1.165, 1.54) is 0 Å². The highest BCUT2D eigenvalue weighted by Crippen LogP contribution is 2.29. The Bertz CT molecular complexity index is 1470. The summed E-state index contributed by atoms with van der Waals surface area (Å²) in [6.45, 7) is 6.66. The monoisotopic (exact) mass is 471 g/mol. The number of benzene rings is 1. The quantitative estimate of drug-likeness (QED) is 0.354. The Labute approximate surface area is 201 Å². The van der Waals surface area contributed by atoms with Crippen LogP contribution in [0.2, 0.25) is 0 Å². The molecular weight excluding hydrogens is 446 g/mol. The van der Waals surface area contributed by atoms with E-state index in [0.29, 0.717) is 35.4 Å². The number of hydrogen-bond donors (Lipinski definition) is 0. The third kappa shape index (κ3) is 4.45. The first-order chi connectivity index (χ1) is 17.2. The van der Waals surface area contributed by atoms with Crippen molar-refractivity contribution in [3.63, 3.8) is 0 Å². The van der Waals surface area contributed by atoms with Crippen LogP contribution in [0.3, 0.4) is 0 Å². The molecular formula is C25H25N7O3. The Morgan fingerprint density at radius 2 is 1.80 bits per heavy atom. The van der Waals surface area contributed by atoms with Crippen LogP contribution < -0.4 is 4.74 Å². The van der Waals surface area contributed by atoms with Gasteiger partial charge in [-0.3, -0.25) is 9.88 Å². The van der Waals surface area contributed by atoms with Crippen molar-refractivity contribution in [2.75, 3.05) is 32.8 Å². The summed E-state index contributed by atoms with van der Waals surface area (Å²) in [6.07, 6.45) is 0.891. The van der Waals surface area contributed by atoms with Crippen molar-refractivity contribution in [2.45, 2.75) is 20.0 Å².